The number of nitrogens with one attached hydrogen (secondary N) is 2. The van der Waals surface area contributed by atoms with Crippen LogP contribution in [0.2, 0.25) is 0 Å². The summed E-state index contributed by atoms with van der Waals surface area (Å²) < 4.78 is 27.5. The molecule has 3 aliphatic rings. The second-order valence-corrected chi connectivity index (χ2v) is 7.24. The predicted molar refractivity (Wildman–Crippen MR) is 86.8 cm³/mol. The van der Waals surface area contributed by atoms with E-state index in [1.54, 1.807) is 0 Å². The molecule has 0 aromatic heterocycles. The number of piperidine rings is 1. The number of urea groups is 1. The molecule has 2 amide bonds. The molecule has 24 heavy (non-hydrogen) atoms. The van der Waals surface area contributed by atoms with Crippen molar-refractivity contribution in [3.8, 4) is 0 Å². The van der Waals surface area contributed by atoms with Gasteiger partial charge in [0.05, 0.1) is 0 Å². The highest BCUT2D eigenvalue weighted by Gasteiger charge is 2.43. The van der Waals surface area contributed by atoms with Gasteiger partial charge < -0.3 is 15.5 Å². The summed E-state index contributed by atoms with van der Waals surface area (Å²) in [6.45, 7) is 2.09. The Morgan fingerprint density at radius 2 is 1.71 bits per heavy atom. The fourth-order valence-electron chi connectivity index (χ4n) is 3.78. The molecule has 0 unspecified atom stereocenters. The SMILES string of the molecule is O=C(NC1CCN(C2CC2)CC1)N[C@@H]1C[C@H]1c1c(F)cccc1F. The van der Waals surface area contributed by atoms with Gasteiger partial charge in [0.1, 0.15) is 11.6 Å². The Morgan fingerprint density at radius 1 is 1.04 bits per heavy atom. The first-order valence-electron chi connectivity index (χ1n) is 8.87. The standard InChI is InChI=1S/C18H23F2N3O/c19-14-2-1-3-15(20)17(14)13-10-16(13)22-18(24)21-11-6-8-23(9-7-11)12-4-5-12/h1-3,11-13,16H,4-10H2,(H2,21,22,24)/t13-,16-/m1/s1. The number of nitrogens with zero attached hydrogens (tertiary/aromatic N) is 1. The van der Waals surface area contributed by atoms with Gasteiger partial charge in [0.25, 0.3) is 0 Å². The minimum absolute atomic E-state index is 0.0977. The molecule has 1 aromatic carbocycles. The molecule has 2 N–H and O–H groups in total. The summed E-state index contributed by atoms with van der Waals surface area (Å²) in [5.74, 6) is -1.32. The Morgan fingerprint density at radius 3 is 2.33 bits per heavy atom. The molecule has 1 aliphatic heterocycles. The molecular formula is C18H23F2N3O. The van der Waals surface area contributed by atoms with Crippen LogP contribution in [0.15, 0.2) is 18.2 Å². The van der Waals surface area contributed by atoms with Crippen molar-refractivity contribution in [2.75, 3.05) is 13.1 Å². The molecule has 0 radical (unpaired) electrons. The van der Waals surface area contributed by atoms with Crippen molar-refractivity contribution in [2.45, 2.75) is 56.1 Å². The van der Waals surface area contributed by atoms with Crippen molar-refractivity contribution < 1.29 is 13.6 Å². The van der Waals surface area contributed by atoms with Crippen molar-refractivity contribution in [3.63, 3.8) is 0 Å². The van der Waals surface area contributed by atoms with Crippen molar-refractivity contribution in [1.29, 1.82) is 0 Å². The maximum Gasteiger partial charge on any atom is 0.315 e. The second-order valence-electron chi connectivity index (χ2n) is 7.24. The van der Waals surface area contributed by atoms with Gasteiger partial charge in [-0.25, -0.2) is 13.6 Å². The first-order valence-corrected chi connectivity index (χ1v) is 8.87. The first-order chi connectivity index (χ1) is 11.6. The van der Waals surface area contributed by atoms with E-state index < -0.39 is 11.6 Å². The molecule has 6 heteroatoms. The van der Waals surface area contributed by atoms with Crippen LogP contribution in [0.4, 0.5) is 13.6 Å². The van der Waals surface area contributed by atoms with Crippen LogP contribution >= 0.6 is 0 Å². The van der Waals surface area contributed by atoms with E-state index in [9.17, 15) is 13.6 Å². The molecule has 1 aromatic rings. The molecule has 2 saturated carbocycles. The van der Waals surface area contributed by atoms with Crippen LogP contribution in [0, 0.1) is 11.6 Å². The Hall–Kier alpha value is -1.69. The summed E-state index contributed by atoms with van der Waals surface area (Å²) in [5, 5.41) is 5.86. The maximum atomic E-state index is 13.8. The number of amides is 2. The van der Waals surface area contributed by atoms with E-state index in [4.69, 9.17) is 0 Å². The molecule has 4 rings (SSSR count). The summed E-state index contributed by atoms with van der Waals surface area (Å²) in [7, 11) is 0. The van der Waals surface area contributed by atoms with Crippen LogP contribution < -0.4 is 10.6 Å². The monoisotopic (exact) mass is 335 g/mol. The van der Waals surface area contributed by atoms with E-state index in [-0.39, 0.29) is 29.6 Å². The van der Waals surface area contributed by atoms with Crippen LogP contribution in [-0.4, -0.2) is 42.1 Å². The van der Waals surface area contributed by atoms with E-state index in [0.717, 1.165) is 32.0 Å². The quantitative estimate of drug-likeness (QED) is 0.889. The average Bonchev–Trinajstić information content (AvgIpc) is 3.44. The van der Waals surface area contributed by atoms with Gasteiger partial charge in [-0.3, -0.25) is 0 Å². The lowest BCUT2D eigenvalue weighted by Gasteiger charge is -2.32. The predicted octanol–water partition coefficient (Wildman–Crippen LogP) is 2.75. The average molecular weight is 335 g/mol. The molecule has 0 spiro atoms. The van der Waals surface area contributed by atoms with Crippen LogP contribution in [-0.2, 0) is 0 Å². The lowest BCUT2D eigenvalue weighted by atomic mass is 10.1. The minimum Gasteiger partial charge on any atom is -0.335 e. The highest BCUT2D eigenvalue weighted by molar-refractivity contribution is 5.75. The Balaban J connectivity index is 1.24. The van der Waals surface area contributed by atoms with Gasteiger partial charge in [-0.15, -0.1) is 0 Å². The highest BCUT2D eigenvalue weighted by atomic mass is 19.1. The van der Waals surface area contributed by atoms with Crippen LogP contribution in [0.3, 0.4) is 0 Å². The van der Waals surface area contributed by atoms with E-state index in [1.165, 1.54) is 31.0 Å². The summed E-state index contributed by atoms with van der Waals surface area (Å²) in [6.07, 6.45) is 5.16. The summed E-state index contributed by atoms with van der Waals surface area (Å²) in [6, 6.07) is 4.47. The van der Waals surface area contributed by atoms with Crippen molar-refractivity contribution in [2.24, 2.45) is 0 Å². The molecule has 2 atom stereocenters. The molecule has 3 fully saturated rings. The van der Waals surface area contributed by atoms with E-state index in [2.05, 4.69) is 15.5 Å². The lowest BCUT2D eigenvalue weighted by Crippen LogP contribution is -2.48. The molecule has 1 saturated heterocycles. The summed E-state index contributed by atoms with van der Waals surface area (Å²) >= 11 is 0. The zero-order valence-corrected chi connectivity index (χ0v) is 13.6. The number of carbonyl (C=O) groups excluding carboxylic acids is 1. The number of hydrogen-bond acceptors (Lipinski definition) is 2. The summed E-state index contributed by atoms with van der Waals surface area (Å²) in [4.78, 5) is 14.6. The maximum absolute atomic E-state index is 13.8. The third-order valence-electron chi connectivity index (χ3n) is 5.41. The molecule has 2 aliphatic carbocycles. The molecular weight excluding hydrogens is 312 g/mol. The van der Waals surface area contributed by atoms with Crippen LogP contribution in [0.5, 0.6) is 0 Å². The fourth-order valence-corrected chi connectivity index (χ4v) is 3.78. The Bertz CT molecular complexity index is 606. The third-order valence-corrected chi connectivity index (χ3v) is 5.41. The van der Waals surface area contributed by atoms with E-state index in [0.29, 0.717) is 6.42 Å². The molecule has 0 bridgehead atoms. The number of benzene rings is 1. The van der Waals surface area contributed by atoms with Gasteiger partial charge in [-0.1, -0.05) is 6.07 Å². The smallest absolute Gasteiger partial charge is 0.315 e. The Kier molecular flexibility index (Phi) is 4.16. The molecule has 1 heterocycles. The van der Waals surface area contributed by atoms with E-state index in [1.807, 2.05) is 0 Å². The van der Waals surface area contributed by atoms with Crippen molar-refractivity contribution in [1.82, 2.24) is 15.5 Å². The second kappa shape index (κ2) is 6.31. The lowest BCUT2D eigenvalue weighted by molar-refractivity contribution is 0.186. The minimum atomic E-state index is -0.530. The zero-order valence-electron chi connectivity index (χ0n) is 13.6. The normalized spacial score (nSPS) is 27.8. The van der Waals surface area contributed by atoms with Gasteiger partial charge in [0.15, 0.2) is 0 Å². The van der Waals surface area contributed by atoms with Gasteiger partial charge in [-0.2, -0.15) is 0 Å². The number of halogens is 2. The van der Waals surface area contributed by atoms with Crippen molar-refractivity contribution in [3.05, 3.63) is 35.4 Å². The third kappa shape index (κ3) is 3.38. The zero-order chi connectivity index (χ0) is 16.7. The number of carbonyl (C=O) groups is 1. The highest BCUT2D eigenvalue weighted by Crippen LogP contribution is 2.43. The first kappa shape index (κ1) is 15.8. The molecule has 130 valence electrons. The van der Waals surface area contributed by atoms with Gasteiger partial charge >= 0.3 is 6.03 Å². The van der Waals surface area contributed by atoms with Gasteiger partial charge in [0, 0.05) is 42.7 Å². The Labute approximate surface area is 140 Å². The van der Waals surface area contributed by atoms with Gasteiger partial charge in [-0.05, 0) is 44.2 Å². The molecule has 4 nitrogen and oxygen atoms in total. The number of rotatable bonds is 4. The van der Waals surface area contributed by atoms with Gasteiger partial charge in [0.2, 0.25) is 0 Å². The number of likely N-dealkylation sites (tertiary alicyclic amines) is 1. The van der Waals surface area contributed by atoms with Crippen LogP contribution in [0.25, 0.3) is 0 Å². The van der Waals surface area contributed by atoms with Crippen LogP contribution in [0.1, 0.15) is 43.6 Å². The fraction of sp³-hybridized carbons (Fsp3) is 0.611. The van der Waals surface area contributed by atoms with E-state index >= 15 is 0 Å². The van der Waals surface area contributed by atoms with Crippen molar-refractivity contribution >= 4 is 6.03 Å². The largest absolute Gasteiger partial charge is 0.335 e. The number of hydrogen-bond donors (Lipinski definition) is 2. The topological polar surface area (TPSA) is 44.4 Å². The summed E-state index contributed by atoms with van der Waals surface area (Å²) in [5.41, 5.74) is 0.0977.